The molecule has 2 saturated heterocycles. The lowest BCUT2D eigenvalue weighted by atomic mass is 9.99. The largest absolute Gasteiger partial charge is 0.374 e. The van der Waals surface area contributed by atoms with Gasteiger partial charge >= 0.3 is 0 Å². The molecule has 0 bridgehead atoms. The SMILES string of the molecule is C=CCCCCCCCCCCC1(O)C(SCCN=C(N)N)CC2N1CCC[NH+]2CCCCCN=C(N)N. The van der Waals surface area contributed by atoms with Crippen LogP contribution in [0.15, 0.2) is 22.6 Å². The number of unbranched alkanes of at least 4 members (excludes halogenated alkanes) is 10. The molecule has 10 heteroatoms. The quantitative estimate of drug-likeness (QED) is 0.0548. The van der Waals surface area contributed by atoms with Crippen LogP contribution < -0.4 is 27.8 Å². The number of aliphatic imine (C=N–C) groups is 2. The maximum atomic E-state index is 12.1. The molecule has 9 nitrogen and oxygen atoms in total. The van der Waals surface area contributed by atoms with Crippen molar-refractivity contribution in [2.75, 3.05) is 38.5 Å². The molecule has 0 radical (unpaired) electrons. The van der Waals surface area contributed by atoms with Crippen molar-refractivity contribution in [2.24, 2.45) is 32.9 Å². The van der Waals surface area contributed by atoms with Crippen LogP contribution in [0.5, 0.6) is 0 Å². The number of aliphatic hydroxyl groups is 1. The van der Waals surface area contributed by atoms with Crippen molar-refractivity contribution >= 4 is 23.7 Å². The Balaban J connectivity index is 1.86. The van der Waals surface area contributed by atoms with Gasteiger partial charge in [0.15, 0.2) is 11.9 Å². The molecule has 2 fully saturated rings. The van der Waals surface area contributed by atoms with Crippen LogP contribution in [0.2, 0.25) is 0 Å². The van der Waals surface area contributed by atoms with E-state index in [9.17, 15) is 5.11 Å². The number of thioether (sulfide) groups is 1. The van der Waals surface area contributed by atoms with E-state index >= 15 is 0 Å². The second-order valence-corrected chi connectivity index (χ2v) is 12.3. The fourth-order valence-electron chi connectivity index (χ4n) is 6.10. The average molecular weight is 554 g/mol. The molecule has 220 valence electrons. The summed E-state index contributed by atoms with van der Waals surface area (Å²) >= 11 is 1.85. The van der Waals surface area contributed by atoms with Crippen LogP contribution in [-0.2, 0) is 0 Å². The molecule has 0 aliphatic carbocycles. The van der Waals surface area contributed by atoms with E-state index in [1.54, 1.807) is 4.90 Å². The highest BCUT2D eigenvalue weighted by atomic mass is 32.2. The molecule has 2 heterocycles. The van der Waals surface area contributed by atoms with Crippen molar-refractivity contribution in [1.82, 2.24) is 4.90 Å². The Labute approximate surface area is 235 Å². The van der Waals surface area contributed by atoms with Crippen LogP contribution in [0, 0.1) is 0 Å². The Bertz CT molecular complexity index is 713. The number of hydrogen-bond acceptors (Lipinski definition) is 5. The van der Waals surface area contributed by atoms with Gasteiger partial charge in [-0.05, 0) is 44.9 Å². The summed E-state index contributed by atoms with van der Waals surface area (Å²) < 4.78 is 0. The van der Waals surface area contributed by atoms with Gasteiger partial charge in [-0.25, -0.2) is 4.90 Å². The summed E-state index contributed by atoms with van der Waals surface area (Å²) in [7, 11) is 0. The van der Waals surface area contributed by atoms with Crippen molar-refractivity contribution in [2.45, 2.75) is 113 Å². The second-order valence-electron chi connectivity index (χ2n) is 11.0. The van der Waals surface area contributed by atoms with Crippen LogP contribution in [0.25, 0.3) is 0 Å². The van der Waals surface area contributed by atoms with Crippen LogP contribution in [-0.4, -0.2) is 77.5 Å². The first kappa shape index (κ1) is 32.7. The minimum absolute atomic E-state index is 0.140. The van der Waals surface area contributed by atoms with Crippen LogP contribution in [0.4, 0.5) is 0 Å². The normalized spacial score (nSPS) is 25.1. The van der Waals surface area contributed by atoms with Crippen molar-refractivity contribution in [3.8, 4) is 0 Å². The van der Waals surface area contributed by atoms with E-state index in [-0.39, 0.29) is 17.2 Å². The maximum Gasteiger partial charge on any atom is 0.185 e. The molecule has 0 aromatic heterocycles. The van der Waals surface area contributed by atoms with Gasteiger partial charge in [0.2, 0.25) is 0 Å². The van der Waals surface area contributed by atoms with E-state index in [2.05, 4.69) is 21.5 Å². The van der Waals surface area contributed by atoms with Crippen LogP contribution >= 0.6 is 11.8 Å². The number of nitrogens with two attached hydrogens (primary N) is 4. The number of quaternary nitrogens is 1. The summed E-state index contributed by atoms with van der Waals surface area (Å²) in [5.41, 5.74) is 21.2. The third-order valence-electron chi connectivity index (χ3n) is 8.05. The van der Waals surface area contributed by atoms with Crippen LogP contribution in [0.3, 0.4) is 0 Å². The van der Waals surface area contributed by atoms with E-state index in [0.29, 0.717) is 19.3 Å². The predicted molar refractivity (Wildman–Crippen MR) is 163 cm³/mol. The first-order valence-corrected chi connectivity index (χ1v) is 16.1. The third kappa shape index (κ3) is 11.7. The minimum Gasteiger partial charge on any atom is -0.374 e. The number of fused-ring (bicyclic) bond motifs is 1. The van der Waals surface area contributed by atoms with Gasteiger partial charge in [0.05, 0.1) is 24.9 Å². The van der Waals surface area contributed by atoms with Crippen molar-refractivity contribution in [3.05, 3.63) is 12.7 Å². The number of rotatable bonds is 21. The Morgan fingerprint density at radius 3 is 2.24 bits per heavy atom. The predicted octanol–water partition coefficient (Wildman–Crippen LogP) is 1.90. The summed E-state index contributed by atoms with van der Waals surface area (Å²) in [4.78, 5) is 12.3. The molecule has 38 heavy (non-hydrogen) atoms. The van der Waals surface area contributed by atoms with Gasteiger partial charge in [-0.1, -0.05) is 44.6 Å². The zero-order chi connectivity index (χ0) is 27.6. The van der Waals surface area contributed by atoms with Crippen molar-refractivity contribution < 1.29 is 10.0 Å². The van der Waals surface area contributed by atoms with E-state index in [4.69, 9.17) is 22.9 Å². The molecule has 0 saturated carbocycles. The summed E-state index contributed by atoms with van der Waals surface area (Å²) in [6.45, 7) is 8.42. The molecule has 0 aromatic carbocycles. The lowest BCUT2D eigenvalue weighted by Gasteiger charge is -2.43. The summed E-state index contributed by atoms with van der Waals surface area (Å²) in [6.07, 6.45) is 20.0. The molecule has 2 aliphatic heterocycles. The molecule has 0 amide bonds. The van der Waals surface area contributed by atoms with E-state index < -0.39 is 5.72 Å². The van der Waals surface area contributed by atoms with Gasteiger partial charge in [0.25, 0.3) is 0 Å². The Hall–Kier alpha value is -1.49. The molecular weight excluding hydrogens is 496 g/mol. The number of guanidine groups is 2. The zero-order valence-corrected chi connectivity index (χ0v) is 24.6. The standard InChI is InChI=1S/C28H56N8OS/c1-2-3-4-5-6-7-8-9-10-12-16-28(37)24(38-22-18-34-27(31)32)23-25-35(20-15-21-36(25)28)19-14-11-13-17-33-26(29)30/h2,24-25,37H,1,3-23H2,(H4,29,30,33)(H4,31,32,34)/p+1. The summed E-state index contributed by atoms with van der Waals surface area (Å²) in [6, 6.07) is 0. The van der Waals surface area contributed by atoms with E-state index in [1.165, 1.54) is 51.5 Å². The summed E-state index contributed by atoms with van der Waals surface area (Å²) in [5, 5.41) is 12.3. The monoisotopic (exact) mass is 553 g/mol. The zero-order valence-electron chi connectivity index (χ0n) is 23.8. The lowest BCUT2D eigenvalue weighted by Crippen LogP contribution is -3.18. The molecule has 10 N–H and O–H groups in total. The van der Waals surface area contributed by atoms with Gasteiger partial charge in [-0.3, -0.25) is 9.98 Å². The highest BCUT2D eigenvalue weighted by Crippen LogP contribution is 2.42. The van der Waals surface area contributed by atoms with Crippen molar-refractivity contribution in [1.29, 1.82) is 0 Å². The summed E-state index contributed by atoms with van der Waals surface area (Å²) in [5.74, 6) is 1.15. The topological polar surface area (TPSA) is 157 Å². The number of nitrogens with zero attached hydrogens (tertiary/aromatic N) is 3. The maximum absolute atomic E-state index is 12.1. The first-order valence-electron chi connectivity index (χ1n) is 15.1. The minimum atomic E-state index is -0.739. The lowest BCUT2D eigenvalue weighted by molar-refractivity contribution is -0.943. The fourth-order valence-corrected chi connectivity index (χ4v) is 7.42. The van der Waals surface area contributed by atoms with Crippen LogP contribution in [0.1, 0.15) is 96.3 Å². The van der Waals surface area contributed by atoms with Gasteiger partial charge in [0.1, 0.15) is 11.9 Å². The number of hydrogen-bond donors (Lipinski definition) is 6. The highest BCUT2D eigenvalue weighted by molar-refractivity contribution is 8.00. The van der Waals surface area contributed by atoms with E-state index in [1.807, 2.05) is 17.8 Å². The van der Waals surface area contributed by atoms with Gasteiger partial charge in [0, 0.05) is 31.7 Å². The number of allylic oxidation sites excluding steroid dienone is 1. The molecule has 0 spiro atoms. The third-order valence-corrected chi connectivity index (χ3v) is 9.44. The Kier molecular flexibility index (Phi) is 16.1. The molecule has 4 atom stereocenters. The first-order chi connectivity index (χ1) is 18.4. The second kappa shape index (κ2) is 18.7. The molecule has 2 aliphatic rings. The Morgan fingerprint density at radius 2 is 1.55 bits per heavy atom. The smallest absolute Gasteiger partial charge is 0.185 e. The molecular formula is C28H57N8OS+. The molecule has 2 rings (SSSR count). The fraction of sp³-hybridized carbons (Fsp3) is 0.857. The van der Waals surface area contributed by atoms with E-state index in [0.717, 1.165) is 70.2 Å². The highest BCUT2D eigenvalue weighted by Gasteiger charge is 2.56. The molecule has 0 aromatic rings. The number of nitrogens with one attached hydrogen (secondary N) is 1. The van der Waals surface area contributed by atoms with Gasteiger partial charge in [-0.15, -0.1) is 6.58 Å². The van der Waals surface area contributed by atoms with Crippen molar-refractivity contribution in [3.63, 3.8) is 0 Å². The van der Waals surface area contributed by atoms with Gasteiger partial charge in [-0.2, -0.15) is 11.8 Å². The van der Waals surface area contributed by atoms with Gasteiger partial charge < -0.3 is 32.9 Å². The molecule has 4 unspecified atom stereocenters. The average Bonchev–Trinajstić information content (AvgIpc) is 3.17. The Morgan fingerprint density at radius 1 is 0.921 bits per heavy atom.